The predicted octanol–water partition coefficient (Wildman–Crippen LogP) is 6.79. The molecule has 1 nitrogen and oxygen atoms in total. The van der Waals surface area contributed by atoms with Crippen molar-refractivity contribution in [3.8, 4) is 5.75 Å². The molecule has 2 rings (SSSR count). The fourth-order valence-electron chi connectivity index (χ4n) is 4.01. The highest BCUT2D eigenvalue weighted by molar-refractivity contribution is 5.27. The first-order valence-electron chi connectivity index (χ1n) is 9.94. The molecule has 0 aromatic heterocycles. The van der Waals surface area contributed by atoms with Gasteiger partial charge in [0.2, 0.25) is 0 Å². The lowest BCUT2D eigenvalue weighted by Crippen LogP contribution is -2.15. The Balaban J connectivity index is 1.57. The molecule has 1 aromatic rings. The Bertz CT molecular complexity index is 400. The van der Waals surface area contributed by atoms with Crippen LogP contribution in [0.4, 0.5) is 0 Å². The van der Waals surface area contributed by atoms with Gasteiger partial charge >= 0.3 is 0 Å². The van der Waals surface area contributed by atoms with Crippen LogP contribution in [0.1, 0.15) is 83.1 Å². The largest absolute Gasteiger partial charge is 0.497 e. The smallest absolute Gasteiger partial charge is 0.118 e. The average molecular weight is 317 g/mol. The zero-order valence-corrected chi connectivity index (χ0v) is 15.4. The first-order valence-corrected chi connectivity index (χ1v) is 9.94. The van der Waals surface area contributed by atoms with Gasteiger partial charge in [-0.1, -0.05) is 83.3 Å². The molecule has 130 valence electrons. The molecular weight excluding hydrogens is 280 g/mol. The molecule has 1 heteroatoms. The van der Waals surface area contributed by atoms with Crippen LogP contribution in [-0.4, -0.2) is 7.11 Å². The van der Waals surface area contributed by atoms with E-state index in [9.17, 15) is 0 Å². The monoisotopic (exact) mass is 316 g/mol. The summed E-state index contributed by atoms with van der Waals surface area (Å²) in [5.74, 6) is 2.97. The van der Waals surface area contributed by atoms with Crippen LogP contribution in [0.15, 0.2) is 24.3 Å². The third-order valence-corrected chi connectivity index (χ3v) is 5.68. The van der Waals surface area contributed by atoms with E-state index in [1.165, 1.54) is 82.6 Å². The summed E-state index contributed by atoms with van der Waals surface area (Å²) >= 11 is 0. The van der Waals surface area contributed by atoms with Crippen molar-refractivity contribution in [1.29, 1.82) is 0 Å². The first-order chi connectivity index (χ1) is 11.3. The van der Waals surface area contributed by atoms with E-state index in [1.54, 1.807) is 7.11 Å². The van der Waals surface area contributed by atoms with Crippen LogP contribution in [-0.2, 0) is 6.42 Å². The fourth-order valence-corrected chi connectivity index (χ4v) is 4.01. The number of hydrogen-bond donors (Lipinski definition) is 0. The molecule has 1 saturated carbocycles. The van der Waals surface area contributed by atoms with Crippen LogP contribution in [0, 0.1) is 11.8 Å². The molecule has 0 radical (unpaired) electrons. The Morgan fingerprint density at radius 3 is 2.04 bits per heavy atom. The van der Waals surface area contributed by atoms with Gasteiger partial charge in [-0.05, 0) is 42.4 Å². The van der Waals surface area contributed by atoms with Gasteiger partial charge < -0.3 is 4.74 Å². The van der Waals surface area contributed by atoms with Crippen molar-refractivity contribution in [1.82, 2.24) is 0 Å². The number of rotatable bonds is 10. The van der Waals surface area contributed by atoms with E-state index < -0.39 is 0 Å². The summed E-state index contributed by atoms with van der Waals surface area (Å²) < 4.78 is 5.23. The highest BCUT2D eigenvalue weighted by atomic mass is 16.5. The predicted molar refractivity (Wildman–Crippen MR) is 100 cm³/mol. The second kappa shape index (κ2) is 10.7. The molecule has 0 unspecified atom stereocenters. The third-order valence-electron chi connectivity index (χ3n) is 5.68. The lowest BCUT2D eigenvalue weighted by atomic mass is 9.78. The number of methoxy groups -OCH3 is 1. The third kappa shape index (κ3) is 6.97. The Hall–Kier alpha value is -0.980. The van der Waals surface area contributed by atoms with E-state index in [1.807, 2.05) is 0 Å². The molecule has 0 saturated heterocycles. The molecular formula is C22H36O. The lowest BCUT2D eigenvalue weighted by Gasteiger charge is -2.28. The van der Waals surface area contributed by atoms with Crippen LogP contribution >= 0.6 is 0 Å². The highest BCUT2D eigenvalue weighted by Crippen LogP contribution is 2.34. The summed E-state index contributed by atoms with van der Waals surface area (Å²) in [5, 5.41) is 0. The molecule has 0 bridgehead atoms. The number of hydrogen-bond acceptors (Lipinski definition) is 1. The van der Waals surface area contributed by atoms with Crippen molar-refractivity contribution >= 4 is 0 Å². The second-order valence-corrected chi connectivity index (χ2v) is 7.48. The van der Waals surface area contributed by atoms with Gasteiger partial charge in [0.25, 0.3) is 0 Å². The minimum absolute atomic E-state index is 0.966. The fraction of sp³-hybridized carbons (Fsp3) is 0.727. The quantitative estimate of drug-likeness (QED) is 0.431. The topological polar surface area (TPSA) is 9.23 Å². The Morgan fingerprint density at radius 2 is 1.43 bits per heavy atom. The first kappa shape index (κ1) is 18.4. The Morgan fingerprint density at radius 1 is 0.826 bits per heavy atom. The number of unbranched alkanes of at least 4 members (excludes halogenated alkanes) is 4. The maximum absolute atomic E-state index is 5.23. The second-order valence-electron chi connectivity index (χ2n) is 7.48. The standard InChI is InChI=1S/C22H36O/c1-3-4-5-6-7-8-19-9-11-20(12-10-19)13-14-21-15-17-22(23-2)18-16-21/h15-20H,3-14H2,1-2H3/t19-,20-. The number of benzene rings is 1. The average Bonchev–Trinajstić information content (AvgIpc) is 2.61. The zero-order valence-electron chi connectivity index (χ0n) is 15.4. The van der Waals surface area contributed by atoms with Crippen LogP contribution < -0.4 is 4.74 Å². The molecule has 0 heterocycles. The molecule has 0 aliphatic heterocycles. The minimum Gasteiger partial charge on any atom is -0.497 e. The van der Waals surface area contributed by atoms with E-state index >= 15 is 0 Å². The van der Waals surface area contributed by atoms with Crippen molar-refractivity contribution in [2.75, 3.05) is 7.11 Å². The van der Waals surface area contributed by atoms with E-state index in [-0.39, 0.29) is 0 Å². The Labute approximate surface area is 143 Å². The maximum Gasteiger partial charge on any atom is 0.118 e. The van der Waals surface area contributed by atoms with Gasteiger partial charge in [-0.2, -0.15) is 0 Å². The van der Waals surface area contributed by atoms with Crippen LogP contribution in [0.25, 0.3) is 0 Å². The van der Waals surface area contributed by atoms with Crippen LogP contribution in [0.3, 0.4) is 0 Å². The molecule has 1 aromatic carbocycles. The lowest BCUT2D eigenvalue weighted by molar-refractivity contribution is 0.248. The van der Waals surface area contributed by atoms with Gasteiger partial charge in [0.1, 0.15) is 5.75 Å². The summed E-state index contributed by atoms with van der Waals surface area (Å²) in [5.41, 5.74) is 1.46. The van der Waals surface area contributed by atoms with Crippen molar-refractivity contribution in [2.45, 2.75) is 84.0 Å². The molecule has 1 aliphatic carbocycles. The van der Waals surface area contributed by atoms with E-state index in [0.29, 0.717) is 0 Å². The van der Waals surface area contributed by atoms with E-state index in [0.717, 1.165) is 17.6 Å². The maximum atomic E-state index is 5.23. The van der Waals surface area contributed by atoms with E-state index in [4.69, 9.17) is 4.74 Å². The molecule has 0 spiro atoms. The molecule has 0 atom stereocenters. The normalized spacial score (nSPS) is 21.3. The van der Waals surface area contributed by atoms with Gasteiger partial charge in [-0.3, -0.25) is 0 Å². The van der Waals surface area contributed by atoms with Gasteiger partial charge in [-0.25, -0.2) is 0 Å². The van der Waals surface area contributed by atoms with Gasteiger partial charge in [-0.15, -0.1) is 0 Å². The molecule has 23 heavy (non-hydrogen) atoms. The van der Waals surface area contributed by atoms with Crippen molar-refractivity contribution < 1.29 is 4.74 Å². The Kier molecular flexibility index (Phi) is 8.57. The summed E-state index contributed by atoms with van der Waals surface area (Å²) in [6.45, 7) is 2.30. The summed E-state index contributed by atoms with van der Waals surface area (Å²) in [6.07, 6.45) is 17.2. The SMILES string of the molecule is CCCCCCC[C@H]1CC[C@H](CCc2ccc(OC)cc2)CC1. The zero-order chi connectivity index (χ0) is 16.3. The molecule has 1 aliphatic rings. The minimum atomic E-state index is 0.966. The van der Waals surface area contributed by atoms with E-state index in [2.05, 4.69) is 31.2 Å². The summed E-state index contributed by atoms with van der Waals surface area (Å²) in [7, 11) is 1.73. The van der Waals surface area contributed by atoms with Gasteiger partial charge in [0.05, 0.1) is 7.11 Å². The number of aryl methyl sites for hydroxylation is 1. The van der Waals surface area contributed by atoms with Crippen LogP contribution in [0.2, 0.25) is 0 Å². The molecule has 0 N–H and O–H groups in total. The summed E-state index contributed by atoms with van der Waals surface area (Å²) in [6, 6.07) is 8.62. The summed E-state index contributed by atoms with van der Waals surface area (Å²) in [4.78, 5) is 0. The van der Waals surface area contributed by atoms with Crippen molar-refractivity contribution in [3.05, 3.63) is 29.8 Å². The van der Waals surface area contributed by atoms with Gasteiger partial charge in [0.15, 0.2) is 0 Å². The number of ether oxygens (including phenoxy) is 1. The van der Waals surface area contributed by atoms with Crippen molar-refractivity contribution in [3.63, 3.8) is 0 Å². The van der Waals surface area contributed by atoms with Crippen molar-refractivity contribution in [2.24, 2.45) is 11.8 Å². The molecule has 1 fully saturated rings. The highest BCUT2D eigenvalue weighted by Gasteiger charge is 2.20. The molecule has 0 amide bonds. The van der Waals surface area contributed by atoms with Crippen LogP contribution in [0.5, 0.6) is 5.75 Å². The van der Waals surface area contributed by atoms with Gasteiger partial charge in [0, 0.05) is 0 Å².